The van der Waals surface area contributed by atoms with Crippen LogP contribution < -0.4 is 0 Å². The first-order valence-electron chi connectivity index (χ1n) is 6.12. The normalized spacial score (nSPS) is 21.2. The number of nitrogens with zero attached hydrogens (tertiary/aromatic N) is 3. The van der Waals surface area contributed by atoms with E-state index in [0.29, 0.717) is 0 Å². The Labute approximate surface area is 119 Å². The molecule has 1 aliphatic rings. The van der Waals surface area contributed by atoms with Gasteiger partial charge in [-0.15, -0.1) is 0 Å². The van der Waals surface area contributed by atoms with Gasteiger partial charge in [0.15, 0.2) is 0 Å². The summed E-state index contributed by atoms with van der Waals surface area (Å²) in [5, 5.41) is 17.7. The molecular weight excluding hydrogens is 282 g/mol. The van der Waals surface area contributed by atoms with E-state index in [1.165, 1.54) is 18.6 Å². The predicted octanol–water partition coefficient (Wildman–Crippen LogP) is -0.754. The molecule has 21 heavy (non-hydrogen) atoms. The van der Waals surface area contributed by atoms with Crippen molar-refractivity contribution in [2.24, 2.45) is 0 Å². The van der Waals surface area contributed by atoms with E-state index in [-0.39, 0.29) is 18.7 Å². The lowest BCUT2D eigenvalue weighted by Crippen LogP contribution is -2.41. The van der Waals surface area contributed by atoms with E-state index < -0.39 is 36.6 Å². The SMILES string of the molecule is O=C(O)CO[C@@H]1C[C@@H](C(=O)O)N(C(=O)c2cnccn2)C1. The van der Waals surface area contributed by atoms with Crippen LogP contribution >= 0.6 is 0 Å². The fourth-order valence-electron chi connectivity index (χ4n) is 2.12. The van der Waals surface area contributed by atoms with E-state index in [1.807, 2.05) is 0 Å². The summed E-state index contributed by atoms with van der Waals surface area (Å²) in [5.74, 6) is -2.90. The number of aliphatic carboxylic acids is 2. The van der Waals surface area contributed by atoms with Crippen molar-refractivity contribution in [3.05, 3.63) is 24.3 Å². The Kier molecular flexibility index (Phi) is 4.43. The van der Waals surface area contributed by atoms with Crippen molar-refractivity contribution in [2.75, 3.05) is 13.2 Å². The van der Waals surface area contributed by atoms with Gasteiger partial charge >= 0.3 is 11.9 Å². The highest BCUT2D eigenvalue weighted by atomic mass is 16.5. The van der Waals surface area contributed by atoms with Crippen LogP contribution in [0.15, 0.2) is 18.6 Å². The van der Waals surface area contributed by atoms with Crippen molar-refractivity contribution in [1.29, 1.82) is 0 Å². The largest absolute Gasteiger partial charge is 0.480 e. The van der Waals surface area contributed by atoms with Crippen LogP contribution in [0, 0.1) is 0 Å². The van der Waals surface area contributed by atoms with Crippen molar-refractivity contribution in [3.8, 4) is 0 Å². The fourth-order valence-corrected chi connectivity index (χ4v) is 2.12. The summed E-state index contributed by atoms with van der Waals surface area (Å²) < 4.78 is 5.07. The Morgan fingerprint density at radius 3 is 2.67 bits per heavy atom. The molecule has 2 N–H and O–H groups in total. The number of hydrogen-bond donors (Lipinski definition) is 2. The minimum Gasteiger partial charge on any atom is -0.480 e. The molecule has 2 rings (SSSR count). The van der Waals surface area contributed by atoms with Crippen LogP contribution in [0.3, 0.4) is 0 Å². The van der Waals surface area contributed by atoms with Gasteiger partial charge in [-0.05, 0) is 0 Å². The van der Waals surface area contributed by atoms with Gasteiger partial charge < -0.3 is 19.8 Å². The Morgan fingerprint density at radius 1 is 1.33 bits per heavy atom. The second kappa shape index (κ2) is 6.27. The van der Waals surface area contributed by atoms with Crippen molar-refractivity contribution in [1.82, 2.24) is 14.9 Å². The molecule has 1 fully saturated rings. The van der Waals surface area contributed by atoms with Gasteiger partial charge in [-0.3, -0.25) is 9.78 Å². The van der Waals surface area contributed by atoms with Crippen molar-refractivity contribution >= 4 is 17.8 Å². The predicted molar refractivity (Wildman–Crippen MR) is 66.5 cm³/mol. The maximum absolute atomic E-state index is 12.2. The first kappa shape index (κ1) is 14.9. The monoisotopic (exact) mass is 295 g/mol. The molecule has 1 aromatic heterocycles. The molecule has 0 saturated carbocycles. The zero-order valence-electron chi connectivity index (χ0n) is 10.9. The van der Waals surface area contributed by atoms with Gasteiger partial charge in [0.2, 0.25) is 0 Å². The molecule has 0 aromatic carbocycles. The van der Waals surface area contributed by atoms with Crippen LogP contribution in [0.5, 0.6) is 0 Å². The highest BCUT2D eigenvalue weighted by Gasteiger charge is 2.41. The molecule has 0 bridgehead atoms. The molecule has 0 aliphatic carbocycles. The van der Waals surface area contributed by atoms with Gasteiger partial charge in [-0.1, -0.05) is 0 Å². The van der Waals surface area contributed by atoms with E-state index >= 15 is 0 Å². The zero-order chi connectivity index (χ0) is 15.4. The number of carboxylic acid groups (broad SMARTS) is 2. The number of carbonyl (C=O) groups is 3. The average Bonchev–Trinajstić information content (AvgIpc) is 2.89. The van der Waals surface area contributed by atoms with Crippen LogP contribution in [0.1, 0.15) is 16.9 Å². The van der Waals surface area contributed by atoms with Gasteiger partial charge in [0.25, 0.3) is 5.91 Å². The standard InChI is InChI=1S/C12H13N3O6/c16-10(17)6-21-7-3-9(12(19)20)15(5-7)11(18)8-4-13-1-2-14-8/h1-2,4,7,9H,3,5-6H2,(H,16,17)(H,19,20)/t7-,9+/m1/s1. The number of aromatic nitrogens is 2. The average molecular weight is 295 g/mol. The molecule has 0 spiro atoms. The van der Waals surface area contributed by atoms with Crippen LogP contribution in [0.25, 0.3) is 0 Å². The number of carboxylic acids is 2. The number of rotatable bonds is 5. The number of amides is 1. The molecule has 1 saturated heterocycles. The molecule has 0 radical (unpaired) electrons. The molecule has 1 aliphatic heterocycles. The van der Waals surface area contributed by atoms with E-state index in [9.17, 15) is 19.5 Å². The lowest BCUT2D eigenvalue weighted by molar-refractivity contribution is -0.144. The summed E-state index contributed by atoms with van der Waals surface area (Å²) in [6, 6.07) is -1.07. The minimum atomic E-state index is -1.17. The number of ether oxygens (including phenoxy) is 1. The highest BCUT2D eigenvalue weighted by Crippen LogP contribution is 2.22. The number of hydrogen-bond acceptors (Lipinski definition) is 6. The smallest absolute Gasteiger partial charge is 0.329 e. The second-order valence-corrected chi connectivity index (χ2v) is 4.46. The van der Waals surface area contributed by atoms with Crippen LogP contribution in [-0.4, -0.2) is 68.2 Å². The quantitative estimate of drug-likeness (QED) is 0.725. The zero-order valence-corrected chi connectivity index (χ0v) is 10.9. The van der Waals surface area contributed by atoms with E-state index in [4.69, 9.17) is 9.84 Å². The highest BCUT2D eigenvalue weighted by molar-refractivity contribution is 5.95. The van der Waals surface area contributed by atoms with Gasteiger partial charge in [0.1, 0.15) is 18.3 Å². The fraction of sp³-hybridized carbons (Fsp3) is 0.417. The molecule has 1 amide bonds. The lowest BCUT2D eigenvalue weighted by Gasteiger charge is -2.20. The number of carbonyl (C=O) groups excluding carboxylic acids is 1. The summed E-state index contributed by atoms with van der Waals surface area (Å²) in [4.78, 5) is 42.6. The summed E-state index contributed by atoms with van der Waals surface area (Å²) in [5.41, 5.74) is 0.0302. The third-order valence-electron chi connectivity index (χ3n) is 3.03. The van der Waals surface area contributed by atoms with Gasteiger partial charge in [0, 0.05) is 25.4 Å². The van der Waals surface area contributed by atoms with Crippen LogP contribution in [-0.2, 0) is 14.3 Å². The molecule has 1 aromatic rings. The summed E-state index contributed by atoms with van der Waals surface area (Å²) in [6.07, 6.45) is 3.37. The molecule has 9 nitrogen and oxygen atoms in total. The summed E-state index contributed by atoms with van der Waals surface area (Å²) in [6.45, 7) is -0.538. The Bertz CT molecular complexity index is 549. The third-order valence-corrected chi connectivity index (χ3v) is 3.03. The maximum Gasteiger partial charge on any atom is 0.329 e. The van der Waals surface area contributed by atoms with E-state index in [1.54, 1.807) is 0 Å². The Hall–Kier alpha value is -2.55. The first-order valence-corrected chi connectivity index (χ1v) is 6.12. The van der Waals surface area contributed by atoms with Gasteiger partial charge in [0.05, 0.1) is 12.3 Å². The molecule has 112 valence electrons. The van der Waals surface area contributed by atoms with Gasteiger partial charge in [-0.25, -0.2) is 14.6 Å². The Balaban J connectivity index is 2.11. The molecule has 0 unspecified atom stereocenters. The molecular formula is C12H13N3O6. The van der Waals surface area contributed by atoms with Crippen molar-refractivity contribution in [3.63, 3.8) is 0 Å². The lowest BCUT2D eigenvalue weighted by atomic mass is 10.2. The van der Waals surface area contributed by atoms with Gasteiger partial charge in [-0.2, -0.15) is 0 Å². The molecule has 2 atom stereocenters. The van der Waals surface area contributed by atoms with Crippen LogP contribution in [0.4, 0.5) is 0 Å². The Morgan fingerprint density at radius 2 is 2.10 bits per heavy atom. The molecule has 2 heterocycles. The summed E-state index contributed by atoms with van der Waals surface area (Å²) in [7, 11) is 0. The molecule has 9 heteroatoms. The second-order valence-electron chi connectivity index (χ2n) is 4.46. The maximum atomic E-state index is 12.2. The minimum absolute atomic E-state index is 0.000343. The van der Waals surface area contributed by atoms with E-state index in [2.05, 4.69) is 9.97 Å². The van der Waals surface area contributed by atoms with Crippen LogP contribution in [0.2, 0.25) is 0 Å². The topological polar surface area (TPSA) is 130 Å². The van der Waals surface area contributed by atoms with E-state index in [0.717, 1.165) is 4.90 Å². The summed E-state index contributed by atoms with van der Waals surface area (Å²) >= 11 is 0. The van der Waals surface area contributed by atoms with Crippen molar-refractivity contribution < 1.29 is 29.3 Å². The number of likely N-dealkylation sites (tertiary alicyclic amines) is 1. The first-order chi connectivity index (χ1) is 9.99. The van der Waals surface area contributed by atoms with Crippen molar-refractivity contribution in [2.45, 2.75) is 18.6 Å². The third kappa shape index (κ3) is 3.51.